The third-order valence-corrected chi connectivity index (χ3v) is 3.77. The lowest BCUT2D eigenvalue weighted by Gasteiger charge is -2.15. The summed E-state index contributed by atoms with van der Waals surface area (Å²) in [7, 11) is 0. The molecule has 0 aliphatic rings. The van der Waals surface area contributed by atoms with Crippen LogP contribution in [0.25, 0.3) is 0 Å². The smallest absolute Gasteiger partial charge is 0.324 e. The molecule has 2 aromatic rings. The van der Waals surface area contributed by atoms with Crippen LogP contribution in [-0.2, 0) is 6.54 Å². The van der Waals surface area contributed by atoms with E-state index in [1.165, 1.54) is 6.07 Å². The Balaban J connectivity index is 1.98. The van der Waals surface area contributed by atoms with Crippen molar-refractivity contribution in [2.45, 2.75) is 12.6 Å². The molecular formula is C13H14N2O3S. The SMILES string of the molecule is O=[N+]([O-])c1ccc(CNC(CO)c2ccccc2)s1. The van der Waals surface area contributed by atoms with Gasteiger partial charge in [-0.25, -0.2) is 0 Å². The van der Waals surface area contributed by atoms with Crippen molar-refractivity contribution in [3.63, 3.8) is 0 Å². The fraction of sp³-hybridized carbons (Fsp3) is 0.231. The molecule has 1 aromatic heterocycles. The summed E-state index contributed by atoms with van der Waals surface area (Å²) in [5.74, 6) is 0. The van der Waals surface area contributed by atoms with Crippen LogP contribution in [0.15, 0.2) is 42.5 Å². The van der Waals surface area contributed by atoms with Crippen LogP contribution >= 0.6 is 11.3 Å². The fourth-order valence-electron chi connectivity index (χ4n) is 1.76. The quantitative estimate of drug-likeness (QED) is 0.628. The van der Waals surface area contributed by atoms with E-state index in [1.54, 1.807) is 6.07 Å². The molecule has 0 amide bonds. The first kappa shape index (κ1) is 13.7. The van der Waals surface area contributed by atoms with Gasteiger partial charge in [-0.1, -0.05) is 41.7 Å². The molecule has 0 bridgehead atoms. The third-order valence-electron chi connectivity index (χ3n) is 2.73. The average Bonchev–Trinajstić information content (AvgIpc) is 2.90. The largest absolute Gasteiger partial charge is 0.394 e. The van der Waals surface area contributed by atoms with Gasteiger partial charge in [-0.2, -0.15) is 0 Å². The van der Waals surface area contributed by atoms with Crippen LogP contribution < -0.4 is 5.32 Å². The van der Waals surface area contributed by atoms with Gasteiger partial charge in [0.15, 0.2) is 0 Å². The van der Waals surface area contributed by atoms with Crippen molar-refractivity contribution in [1.82, 2.24) is 5.32 Å². The van der Waals surface area contributed by atoms with Crippen molar-refractivity contribution >= 4 is 16.3 Å². The first-order valence-corrected chi connectivity index (χ1v) is 6.64. The molecule has 0 fully saturated rings. The predicted octanol–water partition coefficient (Wildman–Crippen LogP) is 2.48. The molecule has 1 heterocycles. The number of nitro groups is 1. The van der Waals surface area contributed by atoms with Crippen molar-refractivity contribution in [1.29, 1.82) is 0 Å². The summed E-state index contributed by atoms with van der Waals surface area (Å²) >= 11 is 1.15. The Labute approximate surface area is 114 Å². The van der Waals surface area contributed by atoms with Gasteiger partial charge < -0.3 is 10.4 Å². The van der Waals surface area contributed by atoms with Gasteiger partial charge in [0, 0.05) is 17.5 Å². The Bertz CT molecular complexity index is 542. The Morgan fingerprint density at radius 1 is 1.26 bits per heavy atom. The minimum Gasteiger partial charge on any atom is -0.394 e. The number of benzene rings is 1. The molecule has 1 aromatic carbocycles. The number of hydrogen-bond acceptors (Lipinski definition) is 5. The Hall–Kier alpha value is -1.76. The normalized spacial score (nSPS) is 12.3. The molecular weight excluding hydrogens is 264 g/mol. The first-order chi connectivity index (χ1) is 9.20. The van der Waals surface area contributed by atoms with E-state index >= 15 is 0 Å². The van der Waals surface area contributed by atoms with E-state index in [9.17, 15) is 15.2 Å². The lowest BCUT2D eigenvalue weighted by molar-refractivity contribution is -0.380. The number of rotatable bonds is 6. The highest BCUT2D eigenvalue weighted by molar-refractivity contribution is 7.15. The lowest BCUT2D eigenvalue weighted by Crippen LogP contribution is -2.23. The maximum absolute atomic E-state index is 10.6. The highest BCUT2D eigenvalue weighted by atomic mass is 32.1. The van der Waals surface area contributed by atoms with Crippen LogP contribution in [0.4, 0.5) is 5.00 Å². The standard InChI is InChI=1S/C13H14N2O3S/c16-9-12(10-4-2-1-3-5-10)14-8-11-6-7-13(19-11)15(17)18/h1-7,12,14,16H,8-9H2. The molecule has 0 saturated carbocycles. The zero-order valence-corrected chi connectivity index (χ0v) is 11.0. The molecule has 6 heteroatoms. The molecule has 0 saturated heterocycles. The van der Waals surface area contributed by atoms with Crippen LogP contribution in [0.1, 0.15) is 16.5 Å². The van der Waals surface area contributed by atoms with E-state index in [1.807, 2.05) is 30.3 Å². The summed E-state index contributed by atoms with van der Waals surface area (Å²) in [4.78, 5) is 11.1. The van der Waals surface area contributed by atoms with Crippen molar-refractivity contribution in [2.75, 3.05) is 6.61 Å². The molecule has 2 N–H and O–H groups in total. The van der Waals surface area contributed by atoms with E-state index < -0.39 is 4.92 Å². The zero-order valence-electron chi connectivity index (χ0n) is 10.2. The summed E-state index contributed by atoms with van der Waals surface area (Å²) in [5, 5.41) is 23.3. The third kappa shape index (κ3) is 3.60. The molecule has 5 nitrogen and oxygen atoms in total. The number of aliphatic hydroxyl groups is 1. The summed E-state index contributed by atoms with van der Waals surface area (Å²) in [6.07, 6.45) is 0. The zero-order chi connectivity index (χ0) is 13.7. The van der Waals surface area contributed by atoms with Crippen molar-refractivity contribution in [3.8, 4) is 0 Å². The van der Waals surface area contributed by atoms with Crippen LogP contribution in [0, 0.1) is 10.1 Å². The summed E-state index contributed by atoms with van der Waals surface area (Å²) in [5.41, 5.74) is 0.996. The molecule has 0 spiro atoms. The predicted molar refractivity (Wildman–Crippen MR) is 74.1 cm³/mol. The molecule has 100 valence electrons. The minimum atomic E-state index is -0.394. The highest BCUT2D eigenvalue weighted by Gasteiger charge is 2.12. The summed E-state index contributed by atoms with van der Waals surface area (Å²) in [6.45, 7) is 0.482. The second-order valence-corrected chi connectivity index (χ2v) is 5.17. The van der Waals surface area contributed by atoms with Crippen LogP contribution in [0.5, 0.6) is 0 Å². The van der Waals surface area contributed by atoms with Crippen LogP contribution in [-0.4, -0.2) is 16.6 Å². The Morgan fingerprint density at radius 3 is 2.58 bits per heavy atom. The second-order valence-electron chi connectivity index (χ2n) is 4.02. The van der Waals surface area contributed by atoms with Crippen molar-refractivity contribution in [3.05, 3.63) is 63.0 Å². The molecule has 0 radical (unpaired) electrons. The number of nitrogens with one attached hydrogen (secondary N) is 1. The van der Waals surface area contributed by atoms with Crippen LogP contribution in [0.3, 0.4) is 0 Å². The summed E-state index contributed by atoms with van der Waals surface area (Å²) in [6, 6.07) is 12.7. The van der Waals surface area contributed by atoms with Gasteiger partial charge >= 0.3 is 5.00 Å². The number of hydrogen-bond donors (Lipinski definition) is 2. The van der Waals surface area contributed by atoms with Gasteiger partial charge in [0.1, 0.15) is 0 Å². The van der Waals surface area contributed by atoms with Crippen molar-refractivity contribution < 1.29 is 10.0 Å². The van der Waals surface area contributed by atoms with E-state index in [2.05, 4.69) is 5.32 Å². The molecule has 0 aliphatic carbocycles. The van der Waals surface area contributed by atoms with Gasteiger partial charge in [0.05, 0.1) is 17.6 Å². The Morgan fingerprint density at radius 2 is 2.00 bits per heavy atom. The van der Waals surface area contributed by atoms with Gasteiger partial charge in [-0.05, 0) is 11.6 Å². The van der Waals surface area contributed by atoms with Crippen LogP contribution in [0.2, 0.25) is 0 Å². The lowest BCUT2D eigenvalue weighted by atomic mass is 10.1. The van der Waals surface area contributed by atoms with Crippen molar-refractivity contribution in [2.24, 2.45) is 0 Å². The molecule has 1 atom stereocenters. The average molecular weight is 278 g/mol. The molecule has 19 heavy (non-hydrogen) atoms. The fourth-order valence-corrected chi connectivity index (χ4v) is 2.53. The summed E-state index contributed by atoms with van der Waals surface area (Å²) < 4.78 is 0. The number of nitrogens with zero attached hydrogens (tertiary/aromatic N) is 1. The second kappa shape index (κ2) is 6.42. The first-order valence-electron chi connectivity index (χ1n) is 5.83. The number of aliphatic hydroxyl groups excluding tert-OH is 1. The minimum absolute atomic E-state index is 0.0164. The van der Waals surface area contributed by atoms with E-state index in [4.69, 9.17) is 0 Å². The maximum Gasteiger partial charge on any atom is 0.324 e. The van der Waals surface area contributed by atoms with Gasteiger partial charge in [-0.15, -0.1) is 0 Å². The topological polar surface area (TPSA) is 75.4 Å². The number of thiophene rings is 1. The van der Waals surface area contributed by atoms with E-state index in [0.29, 0.717) is 6.54 Å². The molecule has 2 rings (SSSR count). The molecule has 0 aliphatic heterocycles. The van der Waals surface area contributed by atoms with Gasteiger partial charge in [0.25, 0.3) is 0 Å². The monoisotopic (exact) mass is 278 g/mol. The Kier molecular flexibility index (Phi) is 4.62. The molecule has 1 unspecified atom stereocenters. The van der Waals surface area contributed by atoms with E-state index in [-0.39, 0.29) is 17.6 Å². The highest BCUT2D eigenvalue weighted by Crippen LogP contribution is 2.24. The van der Waals surface area contributed by atoms with Gasteiger partial charge in [0.2, 0.25) is 0 Å². The van der Waals surface area contributed by atoms with Gasteiger partial charge in [-0.3, -0.25) is 10.1 Å². The maximum atomic E-state index is 10.6. The van der Waals surface area contributed by atoms with E-state index in [0.717, 1.165) is 21.8 Å².